The average molecular weight is 290 g/mol. The number of nitrogens with zero attached hydrogens (tertiary/aromatic N) is 1. The van der Waals surface area contributed by atoms with Crippen LogP contribution in [0.5, 0.6) is 0 Å². The first-order valence-corrected chi connectivity index (χ1v) is 8.50. The fourth-order valence-corrected chi connectivity index (χ4v) is 3.02. The van der Waals surface area contributed by atoms with Gasteiger partial charge in [0.2, 0.25) is 0 Å². The van der Waals surface area contributed by atoms with E-state index >= 15 is 0 Å². The standard InChI is InChI=1S/C18H30N2O/c1-3-11-20-12-5-7-17-14-16(8-9-18(17)20)15-19-10-6-13-21-4-2/h8-9,14,19H,3-7,10-13,15H2,1-2H3. The van der Waals surface area contributed by atoms with Crippen molar-refractivity contribution in [3.05, 3.63) is 29.3 Å². The molecule has 3 nitrogen and oxygen atoms in total. The molecule has 3 heteroatoms. The molecule has 0 aliphatic carbocycles. The second-order valence-electron chi connectivity index (χ2n) is 5.78. The van der Waals surface area contributed by atoms with Crippen LogP contribution in [0.1, 0.15) is 44.2 Å². The topological polar surface area (TPSA) is 24.5 Å². The molecule has 2 rings (SSSR count). The Labute approximate surface area is 129 Å². The maximum absolute atomic E-state index is 5.35. The van der Waals surface area contributed by atoms with Crippen molar-refractivity contribution in [3.8, 4) is 0 Å². The van der Waals surface area contributed by atoms with Crippen molar-refractivity contribution in [1.29, 1.82) is 0 Å². The van der Waals surface area contributed by atoms with Gasteiger partial charge in [0.25, 0.3) is 0 Å². The highest BCUT2D eigenvalue weighted by atomic mass is 16.5. The minimum absolute atomic E-state index is 0.819. The van der Waals surface area contributed by atoms with Crippen LogP contribution in [-0.4, -0.2) is 32.8 Å². The molecule has 0 spiro atoms. The van der Waals surface area contributed by atoms with Crippen LogP contribution in [0, 0.1) is 0 Å². The highest BCUT2D eigenvalue weighted by Gasteiger charge is 2.15. The predicted octanol–water partition coefficient (Wildman–Crippen LogP) is 3.37. The summed E-state index contributed by atoms with van der Waals surface area (Å²) in [6.07, 6.45) is 4.83. The summed E-state index contributed by atoms with van der Waals surface area (Å²) < 4.78 is 5.35. The van der Waals surface area contributed by atoms with E-state index in [4.69, 9.17) is 4.74 Å². The molecule has 1 N–H and O–H groups in total. The summed E-state index contributed by atoms with van der Waals surface area (Å²) in [5.74, 6) is 0. The van der Waals surface area contributed by atoms with Gasteiger partial charge >= 0.3 is 0 Å². The molecule has 0 radical (unpaired) electrons. The van der Waals surface area contributed by atoms with Crippen LogP contribution in [0.15, 0.2) is 18.2 Å². The van der Waals surface area contributed by atoms with Crippen LogP contribution in [0.2, 0.25) is 0 Å². The molecule has 1 aliphatic heterocycles. The molecule has 0 bridgehead atoms. The van der Waals surface area contributed by atoms with Gasteiger partial charge in [-0.3, -0.25) is 0 Å². The van der Waals surface area contributed by atoms with Crippen LogP contribution >= 0.6 is 0 Å². The first-order valence-electron chi connectivity index (χ1n) is 8.50. The van der Waals surface area contributed by atoms with Crippen molar-refractivity contribution >= 4 is 5.69 Å². The number of ether oxygens (including phenoxy) is 1. The Morgan fingerprint density at radius 1 is 1.29 bits per heavy atom. The molecule has 0 atom stereocenters. The fraction of sp³-hybridized carbons (Fsp3) is 0.667. The Kier molecular flexibility index (Phi) is 7.04. The Morgan fingerprint density at radius 3 is 3.00 bits per heavy atom. The van der Waals surface area contributed by atoms with E-state index in [-0.39, 0.29) is 0 Å². The largest absolute Gasteiger partial charge is 0.382 e. The Hall–Kier alpha value is -1.06. The zero-order valence-corrected chi connectivity index (χ0v) is 13.7. The number of benzene rings is 1. The van der Waals surface area contributed by atoms with E-state index in [9.17, 15) is 0 Å². The molecule has 21 heavy (non-hydrogen) atoms. The highest BCUT2D eigenvalue weighted by molar-refractivity contribution is 5.56. The minimum Gasteiger partial charge on any atom is -0.382 e. The maximum atomic E-state index is 5.35. The molecule has 1 aliphatic rings. The van der Waals surface area contributed by atoms with Gasteiger partial charge in [-0.1, -0.05) is 19.1 Å². The third-order valence-corrected chi connectivity index (χ3v) is 4.03. The second-order valence-corrected chi connectivity index (χ2v) is 5.78. The quantitative estimate of drug-likeness (QED) is 0.706. The Balaban J connectivity index is 1.83. The molecule has 1 aromatic carbocycles. The summed E-state index contributed by atoms with van der Waals surface area (Å²) in [5, 5.41) is 3.51. The van der Waals surface area contributed by atoms with Gasteiger partial charge in [0.15, 0.2) is 0 Å². The van der Waals surface area contributed by atoms with E-state index < -0.39 is 0 Å². The second kappa shape index (κ2) is 9.06. The summed E-state index contributed by atoms with van der Waals surface area (Å²) in [5.41, 5.74) is 4.40. The fourth-order valence-electron chi connectivity index (χ4n) is 3.02. The molecule has 0 unspecified atom stereocenters. The van der Waals surface area contributed by atoms with E-state index in [0.29, 0.717) is 0 Å². The Morgan fingerprint density at radius 2 is 2.19 bits per heavy atom. The van der Waals surface area contributed by atoms with Crippen LogP contribution in [-0.2, 0) is 17.7 Å². The molecule has 0 aromatic heterocycles. The number of rotatable bonds is 9. The van der Waals surface area contributed by atoms with Gasteiger partial charge in [0.1, 0.15) is 0 Å². The van der Waals surface area contributed by atoms with E-state index in [1.807, 2.05) is 6.92 Å². The molecular formula is C18H30N2O. The van der Waals surface area contributed by atoms with E-state index in [1.165, 1.54) is 49.2 Å². The third kappa shape index (κ3) is 5.01. The summed E-state index contributed by atoms with van der Waals surface area (Å²) >= 11 is 0. The molecule has 118 valence electrons. The van der Waals surface area contributed by atoms with Gasteiger partial charge in [-0.2, -0.15) is 0 Å². The zero-order valence-electron chi connectivity index (χ0n) is 13.7. The SMILES string of the molecule is CCCN1CCCc2cc(CNCCCOCC)ccc21. The van der Waals surface area contributed by atoms with Crippen molar-refractivity contribution in [1.82, 2.24) is 5.32 Å². The smallest absolute Gasteiger partial charge is 0.0477 e. The lowest BCUT2D eigenvalue weighted by molar-refractivity contribution is 0.144. The normalized spacial score (nSPS) is 14.3. The maximum Gasteiger partial charge on any atom is 0.0477 e. The molecule has 1 aromatic rings. The Bertz CT molecular complexity index is 420. The van der Waals surface area contributed by atoms with Crippen molar-refractivity contribution in [2.75, 3.05) is 37.7 Å². The number of fused-ring (bicyclic) bond motifs is 1. The van der Waals surface area contributed by atoms with Crippen LogP contribution in [0.25, 0.3) is 0 Å². The van der Waals surface area contributed by atoms with Gasteiger partial charge in [0.05, 0.1) is 0 Å². The summed E-state index contributed by atoms with van der Waals surface area (Å²) in [6, 6.07) is 7.00. The van der Waals surface area contributed by atoms with Crippen LogP contribution in [0.4, 0.5) is 5.69 Å². The number of nitrogens with one attached hydrogen (secondary N) is 1. The lowest BCUT2D eigenvalue weighted by atomic mass is 9.99. The molecule has 0 saturated heterocycles. The van der Waals surface area contributed by atoms with E-state index in [2.05, 4.69) is 35.3 Å². The van der Waals surface area contributed by atoms with Crippen LogP contribution < -0.4 is 10.2 Å². The first kappa shape index (κ1) is 16.3. The zero-order chi connectivity index (χ0) is 14.9. The van der Waals surface area contributed by atoms with Crippen LogP contribution in [0.3, 0.4) is 0 Å². The van der Waals surface area contributed by atoms with Crippen molar-refractivity contribution in [2.24, 2.45) is 0 Å². The lowest BCUT2D eigenvalue weighted by Crippen LogP contribution is -2.30. The molecular weight excluding hydrogens is 260 g/mol. The number of anilines is 1. The summed E-state index contributed by atoms with van der Waals surface area (Å²) in [7, 11) is 0. The van der Waals surface area contributed by atoms with Gasteiger partial charge in [-0.25, -0.2) is 0 Å². The van der Waals surface area contributed by atoms with Gasteiger partial charge in [-0.05, 0) is 56.3 Å². The average Bonchev–Trinajstić information content (AvgIpc) is 2.51. The van der Waals surface area contributed by atoms with E-state index in [0.717, 1.165) is 32.7 Å². The number of aryl methyl sites for hydroxylation is 1. The van der Waals surface area contributed by atoms with Crippen molar-refractivity contribution < 1.29 is 4.74 Å². The number of hydrogen-bond donors (Lipinski definition) is 1. The third-order valence-electron chi connectivity index (χ3n) is 4.03. The molecule has 0 fully saturated rings. The summed E-state index contributed by atoms with van der Waals surface area (Å²) in [4.78, 5) is 2.54. The highest BCUT2D eigenvalue weighted by Crippen LogP contribution is 2.28. The van der Waals surface area contributed by atoms with Gasteiger partial charge in [-0.15, -0.1) is 0 Å². The minimum atomic E-state index is 0.819. The van der Waals surface area contributed by atoms with Gasteiger partial charge < -0.3 is 15.0 Å². The van der Waals surface area contributed by atoms with Gasteiger partial charge in [0, 0.05) is 38.5 Å². The predicted molar refractivity (Wildman–Crippen MR) is 90.1 cm³/mol. The van der Waals surface area contributed by atoms with Crippen molar-refractivity contribution in [2.45, 2.75) is 46.1 Å². The van der Waals surface area contributed by atoms with Crippen molar-refractivity contribution in [3.63, 3.8) is 0 Å². The molecule has 0 saturated carbocycles. The number of hydrogen-bond acceptors (Lipinski definition) is 3. The lowest BCUT2D eigenvalue weighted by Gasteiger charge is -2.31. The first-order chi connectivity index (χ1) is 10.3. The van der Waals surface area contributed by atoms with E-state index in [1.54, 1.807) is 0 Å². The molecule has 0 amide bonds. The summed E-state index contributed by atoms with van der Waals surface area (Å²) in [6.45, 7) is 10.4. The monoisotopic (exact) mass is 290 g/mol. The molecule has 1 heterocycles.